The molecule has 10 heteroatoms. The molecule has 2 aromatic rings. The minimum Gasteiger partial charge on any atom is -0.391 e. The molecule has 0 radical (unpaired) electrons. The van der Waals surface area contributed by atoms with Crippen molar-refractivity contribution in [1.29, 1.82) is 0 Å². The molecule has 1 aliphatic heterocycles. The molecule has 1 aliphatic carbocycles. The Morgan fingerprint density at radius 2 is 2.09 bits per heavy atom. The third-order valence-electron chi connectivity index (χ3n) is 6.27. The third kappa shape index (κ3) is 5.32. The molecule has 4 N–H and O–H groups in total. The zero-order valence-electron chi connectivity index (χ0n) is 19.4. The van der Waals surface area contributed by atoms with Gasteiger partial charge in [-0.15, -0.1) is 5.10 Å². The van der Waals surface area contributed by atoms with Gasteiger partial charge in [0.2, 0.25) is 11.8 Å². The van der Waals surface area contributed by atoms with Crippen LogP contribution in [0.15, 0.2) is 24.5 Å². The Hall–Kier alpha value is -3.01. The lowest BCUT2D eigenvalue weighted by Gasteiger charge is -2.34. The molecule has 3 atom stereocenters. The molecule has 178 valence electrons. The average molecular weight is 456 g/mol. The fraction of sp³-hybridized carbons (Fsp3) is 0.609. The van der Waals surface area contributed by atoms with Gasteiger partial charge in [-0.1, -0.05) is 26.0 Å². The number of amides is 2. The lowest BCUT2D eigenvalue weighted by Crippen LogP contribution is -2.50. The summed E-state index contributed by atoms with van der Waals surface area (Å²) in [5.41, 5.74) is 7.12. The fourth-order valence-electron chi connectivity index (χ4n) is 4.42. The predicted molar refractivity (Wildman–Crippen MR) is 122 cm³/mol. The summed E-state index contributed by atoms with van der Waals surface area (Å²) in [6.45, 7) is 6.42. The second-order valence-electron chi connectivity index (χ2n) is 10.2. The predicted octanol–water partition coefficient (Wildman–Crippen LogP) is 1.04. The van der Waals surface area contributed by atoms with Crippen LogP contribution in [0.25, 0.3) is 0 Å². The van der Waals surface area contributed by atoms with Gasteiger partial charge in [0.15, 0.2) is 0 Å². The van der Waals surface area contributed by atoms with E-state index in [1.54, 1.807) is 16.9 Å². The van der Waals surface area contributed by atoms with Crippen LogP contribution in [0.4, 0.5) is 5.82 Å². The van der Waals surface area contributed by atoms with Gasteiger partial charge in [-0.3, -0.25) is 9.59 Å². The normalized spacial score (nSPS) is 21.8. The molecule has 2 aromatic heterocycles. The van der Waals surface area contributed by atoms with Gasteiger partial charge in [-0.05, 0) is 42.4 Å². The zero-order chi connectivity index (χ0) is 23.8. The van der Waals surface area contributed by atoms with Crippen molar-refractivity contribution in [2.24, 2.45) is 5.41 Å². The van der Waals surface area contributed by atoms with Gasteiger partial charge in [-0.25, -0.2) is 9.67 Å². The van der Waals surface area contributed by atoms with E-state index in [4.69, 9.17) is 5.73 Å². The number of anilines is 1. The summed E-state index contributed by atoms with van der Waals surface area (Å²) in [6, 6.07) is 2.26. The van der Waals surface area contributed by atoms with E-state index in [9.17, 15) is 14.7 Å². The number of aliphatic hydroxyl groups excluding tert-OH is 1. The number of hydrogen-bond acceptors (Lipinski definition) is 7. The summed E-state index contributed by atoms with van der Waals surface area (Å²) >= 11 is 0. The summed E-state index contributed by atoms with van der Waals surface area (Å²) in [5.74, 6) is 0.359. The Morgan fingerprint density at radius 1 is 1.33 bits per heavy atom. The molecule has 2 amide bonds. The first-order valence-corrected chi connectivity index (χ1v) is 11.5. The van der Waals surface area contributed by atoms with Gasteiger partial charge in [0.1, 0.15) is 17.9 Å². The highest BCUT2D eigenvalue weighted by Crippen LogP contribution is 2.40. The maximum absolute atomic E-state index is 13.7. The van der Waals surface area contributed by atoms with Crippen LogP contribution >= 0.6 is 0 Å². The lowest BCUT2D eigenvalue weighted by molar-refractivity contribution is -0.144. The van der Waals surface area contributed by atoms with Crippen molar-refractivity contribution in [2.45, 2.75) is 70.6 Å². The van der Waals surface area contributed by atoms with E-state index in [1.165, 1.54) is 4.90 Å². The highest BCUT2D eigenvalue weighted by molar-refractivity contribution is 5.90. The van der Waals surface area contributed by atoms with E-state index in [2.05, 4.69) is 20.6 Å². The van der Waals surface area contributed by atoms with E-state index < -0.39 is 23.6 Å². The number of aromatic nitrogens is 4. The number of rotatable bonds is 7. The molecular formula is C23H33N7O3. The zero-order valence-corrected chi connectivity index (χ0v) is 19.4. The number of pyridine rings is 1. The summed E-state index contributed by atoms with van der Waals surface area (Å²) in [4.78, 5) is 32.2. The number of hydrogen-bond donors (Lipinski definition) is 3. The molecule has 1 saturated heterocycles. The van der Waals surface area contributed by atoms with Gasteiger partial charge in [0.25, 0.3) is 0 Å². The topological polar surface area (TPSA) is 139 Å². The minimum absolute atomic E-state index is 0.120. The van der Waals surface area contributed by atoms with Crippen LogP contribution in [0.5, 0.6) is 0 Å². The number of nitrogen functional groups attached to an aromatic ring is 1. The van der Waals surface area contributed by atoms with Crippen LogP contribution in [0.3, 0.4) is 0 Å². The van der Waals surface area contributed by atoms with Crippen molar-refractivity contribution >= 4 is 17.6 Å². The number of nitrogens with zero attached hydrogens (tertiary/aromatic N) is 5. The van der Waals surface area contributed by atoms with Crippen molar-refractivity contribution in [3.63, 3.8) is 0 Å². The molecule has 1 saturated carbocycles. The SMILES string of the molecule is CC(C)(C)[C@@H](C(=O)N1CC(O)CC1C(=O)NCCc1ccnc(N)c1)n1cc(C2CC2)nn1. The number of carbonyl (C=O) groups is 2. The van der Waals surface area contributed by atoms with Crippen molar-refractivity contribution < 1.29 is 14.7 Å². The Labute approximate surface area is 193 Å². The smallest absolute Gasteiger partial charge is 0.248 e. The van der Waals surface area contributed by atoms with E-state index in [-0.39, 0.29) is 24.8 Å². The quantitative estimate of drug-likeness (QED) is 0.567. The Balaban J connectivity index is 1.46. The first kappa shape index (κ1) is 23.2. The van der Waals surface area contributed by atoms with Crippen LogP contribution < -0.4 is 11.1 Å². The molecule has 4 rings (SSSR count). The Kier molecular flexibility index (Phi) is 6.38. The maximum Gasteiger partial charge on any atom is 0.248 e. The summed E-state index contributed by atoms with van der Waals surface area (Å²) in [7, 11) is 0. The van der Waals surface area contributed by atoms with Gasteiger partial charge >= 0.3 is 0 Å². The number of nitrogens with one attached hydrogen (secondary N) is 1. The van der Waals surface area contributed by atoms with Gasteiger partial charge in [0.05, 0.1) is 11.8 Å². The molecule has 3 heterocycles. The standard InChI is InChI=1S/C23H33N7O3/c1-23(2,3)20(30-13-17(27-28-30)15-4-5-15)22(33)29-12-16(31)11-18(29)21(32)26-9-7-14-6-8-25-19(24)10-14/h6,8,10,13,15-16,18,20,31H,4-5,7,9,11-12H2,1-3H3,(H2,24,25)(H,26,32)/t16?,18?,20-/m1/s1. The van der Waals surface area contributed by atoms with Gasteiger partial charge in [-0.2, -0.15) is 0 Å². The summed E-state index contributed by atoms with van der Waals surface area (Å²) in [5, 5.41) is 21.7. The summed E-state index contributed by atoms with van der Waals surface area (Å²) in [6.07, 6.45) is 5.73. The molecule has 2 aliphatic rings. The molecular weight excluding hydrogens is 422 g/mol. The second-order valence-corrected chi connectivity index (χ2v) is 10.2. The number of β-amino-alcohol motifs (C(OH)–C–C–N with tert-alkyl or cyclic N) is 1. The van der Waals surface area contributed by atoms with Crippen LogP contribution in [-0.2, 0) is 16.0 Å². The fourth-order valence-corrected chi connectivity index (χ4v) is 4.42. The van der Waals surface area contributed by atoms with Gasteiger partial charge in [0, 0.05) is 37.8 Å². The average Bonchev–Trinajstić information content (AvgIpc) is 3.34. The molecule has 0 aromatic carbocycles. The first-order chi connectivity index (χ1) is 15.6. The van der Waals surface area contributed by atoms with Crippen molar-refractivity contribution in [3.8, 4) is 0 Å². The van der Waals surface area contributed by atoms with Crippen LogP contribution in [0.1, 0.15) is 63.3 Å². The second kappa shape index (κ2) is 9.09. The first-order valence-electron chi connectivity index (χ1n) is 11.5. The maximum atomic E-state index is 13.7. The van der Waals surface area contributed by atoms with E-state index in [0.29, 0.717) is 24.7 Å². The lowest BCUT2D eigenvalue weighted by atomic mass is 9.85. The van der Waals surface area contributed by atoms with Gasteiger partial charge < -0.3 is 21.1 Å². The largest absolute Gasteiger partial charge is 0.391 e. The Morgan fingerprint density at radius 3 is 2.76 bits per heavy atom. The Bertz CT molecular complexity index is 1010. The van der Waals surface area contributed by atoms with Crippen molar-refractivity contribution in [2.75, 3.05) is 18.8 Å². The van der Waals surface area contributed by atoms with E-state index in [1.807, 2.05) is 33.0 Å². The molecule has 0 spiro atoms. The van der Waals surface area contributed by atoms with E-state index in [0.717, 1.165) is 24.1 Å². The summed E-state index contributed by atoms with van der Waals surface area (Å²) < 4.78 is 1.63. The molecule has 33 heavy (non-hydrogen) atoms. The minimum atomic E-state index is -0.747. The van der Waals surface area contributed by atoms with E-state index >= 15 is 0 Å². The molecule has 2 unspecified atom stereocenters. The number of nitrogens with two attached hydrogens (primary N) is 1. The number of aliphatic hydroxyl groups is 1. The molecule has 10 nitrogen and oxygen atoms in total. The number of likely N-dealkylation sites (tertiary alicyclic amines) is 1. The molecule has 2 fully saturated rings. The number of carbonyl (C=O) groups excluding carboxylic acids is 2. The molecule has 0 bridgehead atoms. The third-order valence-corrected chi connectivity index (χ3v) is 6.27. The van der Waals surface area contributed by atoms with Crippen LogP contribution in [0.2, 0.25) is 0 Å². The highest BCUT2D eigenvalue weighted by atomic mass is 16.3. The van der Waals surface area contributed by atoms with Crippen molar-refractivity contribution in [1.82, 2.24) is 30.2 Å². The highest BCUT2D eigenvalue weighted by Gasteiger charge is 2.45. The van der Waals surface area contributed by atoms with Crippen LogP contribution in [-0.4, -0.2) is 67.0 Å². The monoisotopic (exact) mass is 455 g/mol. The van der Waals surface area contributed by atoms with Crippen molar-refractivity contribution in [3.05, 3.63) is 35.8 Å². The van der Waals surface area contributed by atoms with Crippen LogP contribution in [0, 0.1) is 5.41 Å².